The fraction of sp³-hybridized carbons (Fsp3) is 0.417. The molecule has 0 amide bonds. The van der Waals surface area contributed by atoms with Crippen LogP contribution in [-0.2, 0) is 11.3 Å². The Bertz CT molecular complexity index is 407. The van der Waals surface area contributed by atoms with Crippen LogP contribution >= 0.6 is 23.2 Å². The Labute approximate surface area is 111 Å². The highest BCUT2D eigenvalue weighted by atomic mass is 35.5. The van der Waals surface area contributed by atoms with Gasteiger partial charge in [-0.05, 0) is 23.6 Å². The largest absolute Gasteiger partial charge is 0.480 e. The first-order chi connectivity index (χ1) is 7.91. The van der Waals surface area contributed by atoms with Gasteiger partial charge in [0, 0.05) is 16.6 Å². The minimum absolute atomic E-state index is 0.0126. The molecule has 0 spiro atoms. The van der Waals surface area contributed by atoms with Crippen LogP contribution in [0.3, 0.4) is 0 Å². The number of aliphatic carboxylic acids is 1. The SMILES string of the molecule is CC(C)[C@H](NCc1ccc(Cl)cc1Cl)C(=O)O. The number of carbonyl (C=O) groups is 1. The molecule has 0 aliphatic carbocycles. The lowest BCUT2D eigenvalue weighted by Crippen LogP contribution is -2.40. The molecule has 1 aromatic rings. The lowest BCUT2D eigenvalue weighted by atomic mass is 10.0. The van der Waals surface area contributed by atoms with Crippen molar-refractivity contribution in [3.8, 4) is 0 Å². The van der Waals surface area contributed by atoms with E-state index in [0.29, 0.717) is 16.6 Å². The summed E-state index contributed by atoms with van der Waals surface area (Å²) in [6.45, 7) is 4.12. The smallest absolute Gasteiger partial charge is 0.320 e. The van der Waals surface area contributed by atoms with Crippen LogP contribution in [0.1, 0.15) is 19.4 Å². The van der Waals surface area contributed by atoms with Gasteiger partial charge < -0.3 is 10.4 Å². The van der Waals surface area contributed by atoms with Gasteiger partial charge in [0.25, 0.3) is 0 Å². The molecule has 1 rings (SSSR count). The Balaban J connectivity index is 2.69. The second kappa shape index (κ2) is 6.24. The molecular formula is C12H15Cl2NO2. The molecule has 0 bridgehead atoms. The summed E-state index contributed by atoms with van der Waals surface area (Å²) < 4.78 is 0. The van der Waals surface area contributed by atoms with E-state index in [1.54, 1.807) is 18.2 Å². The van der Waals surface area contributed by atoms with Crippen molar-refractivity contribution in [3.05, 3.63) is 33.8 Å². The number of halogens is 2. The molecule has 5 heteroatoms. The Morgan fingerprint density at radius 2 is 2.06 bits per heavy atom. The molecule has 0 aliphatic heterocycles. The number of hydrogen-bond donors (Lipinski definition) is 2. The number of carboxylic acid groups (broad SMARTS) is 1. The van der Waals surface area contributed by atoms with Crippen molar-refractivity contribution in [3.63, 3.8) is 0 Å². The normalized spacial score (nSPS) is 12.8. The number of benzene rings is 1. The van der Waals surface area contributed by atoms with Crippen LogP contribution in [0.5, 0.6) is 0 Å². The third-order valence-electron chi connectivity index (χ3n) is 2.46. The van der Waals surface area contributed by atoms with Crippen molar-refractivity contribution in [1.29, 1.82) is 0 Å². The fourth-order valence-electron chi connectivity index (χ4n) is 1.49. The second-order valence-corrected chi connectivity index (χ2v) is 5.02. The lowest BCUT2D eigenvalue weighted by Gasteiger charge is -2.18. The summed E-state index contributed by atoms with van der Waals surface area (Å²) >= 11 is 11.8. The average molecular weight is 276 g/mol. The van der Waals surface area contributed by atoms with Crippen LogP contribution in [0.25, 0.3) is 0 Å². The van der Waals surface area contributed by atoms with Gasteiger partial charge in [0.2, 0.25) is 0 Å². The van der Waals surface area contributed by atoms with Crippen molar-refractivity contribution >= 4 is 29.2 Å². The zero-order valence-corrected chi connectivity index (χ0v) is 11.2. The molecule has 0 saturated carbocycles. The second-order valence-electron chi connectivity index (χ2n) is 4.18. The highest BCUT2D eigenvalue weighted by Gasteiger charge is 2.20. The standard InChI is InChI=1S/C12H15Cl2NO2/c1-7(2)11(12(16)17)15-6-8-3-4-9(13)5-10(8)14/h3-5,7,11,15H,6H2,1-2H3,(H,16,17)/t11-/m0/s1. The molecule has 1 aromatic carbocycles. The molecule has 2 N–H and O–H groups in total. The van der Waals surface area contributed by atoms with Gasteiger partial charge in [0.15, 0.2) is 0 Å². The maximum Gasteiger partial charge on any atom is 0.320 e. The number of nitrogens with one attached hydrogen (secondary N) is 1. The third kappa shape index (κ3) is 4.19. The number of rotatable bonds is 5. The van der Waals surface area contributed by atoms with Gasteiger partial charge in [-0.1, -0.05) is 43.1 Å². The molecule has 0 aliphatic rings. The first kappa shape index (κ1) is 14.3. The Morgan fingerprint density at radius 3 is 2.53 bits per heavy atom. The van der Waals surface area contributed by atoms with E-state index in [-0.39, 0.29) is 5.92 Å². The topological polar surface area (TPSA) is 49.3 Å². The van der Waals surface area contributed by atoms with E-state index in [2.05, 4.69) is 5.32 Å². The summed E-state index contributed by atoms with van der Waals surface area (Å²) in [6.07, 6.45) is 0. The molecule has 3 nitrogen and oxygen atoms in total. The molecule has 0 aromatic heterocycles. The maximum absolute atomic E-state index is 11.0. The van der Waals surface area contributed by atoms with E-state index in [1.165, 1.54) is 0 Å². The number of carboxylic acids is 1. The zero-order valence-electron chi connectivity index (χ0n) is 9.71. The van der Waals surface area contributed by atoms with Crippen molar-refractivity contribution < 1.29 is 9.90 Å². The molecule has 0 saturated heterocycles. The van der Waals surface area contributed by atoms with Gasteiger partial charge in [-0.15, -0.1) is 0 Å². The summed E-state index contributed by atoms with van der Waals surface area (Å²) in [6, 6.07) is 4.58. The highest BCUT2D eigenvalue weighted by Crippen LogP contribution is 2.21. The number of hydrogen-bond acceptors (Lipinski definition) is 2. The maximum atomic E-state index is 11.0. The van der Waals surface area contributed by atoms with Crippen LogP contribution in [0.2, 0.25) is 10.0 Å². The first-order valence-corrected chi connectivity index (χ1v) is 6.07. The van der Waals surface area contributed by atoms with E-state index in [9.17, 15) is 4.79 Å². The summed E-state index contributed by atoms with van der Waals surface area (Å²) in [4.78, 5) is 11.0. The predicted octanol–water partition coefficient (Wildman–Crippen LogP) is 3.19. The summed E-state index contributed by atoms with van der Waals surface area (Å²) in [5.41, 5.74) is 0.836. The monoisotopic (exact) mass is 275 g/mol. The van der Waals surface area contributed by atoms with Crippen LogP contribution in [0, 0.1) is 5.92 Å². The predicted molar refractivity (Wildman–Crippen MR) is 69.6 cm³/mol. The summed E-state index contributed by atoms with van der Waals surface area (Å²) in [5, 5.41) is 13.1. The molecule has 0 radical (unpaired) electrons. The molecule has 0 fully saturated rings. The highest BCUT2D eigenvalue weighted by molar-refractivity contribution is 6.35. The Kier molecular flexibility index (Phi) is 5.25. The molecule has 94 valence electrons. The minimum atomic E-state index is -0.856. The van der Waals surface area contributed by atoms with Gasteiger partial charge in [-0.3, -0.25) is 4.79 Å². The zero-order chi connectivity index (χ0) is 13.0. The third-order valence-corrected chi connectivity index (χ3v) is 3.05. The Morgan fingerprint density at radius 1 is 1.41 bits per heavy atom. The van der Waals surface area contributed by atoms with E-state index in [4.69, 9.17) is 28.3 Å². The summed E-state index contributed by atoms with van der Waals surface area (Å²) in [7, 11) is 0. The van der Waals surface area contributed by atoms with Crippen LogP contribution < -0.4 is 5.32 Å². The molecule has 0 unspecified atom stereocenters. The minimum Gasteiger partial charge on any atom is -0.480 e. The van der Waals surface area contributed by atoms with Crippen molar-refractivity contribution in [2.45, 2.75) is 26.4 Å². The van der Waals surface area contributed by atoms with E-state index >= 15 is 0 Å². The van der Waals surface area contributed by atoms with E-state index < -0.39 is 12.0 Å². The molecular weight excluding hydrogens is 261 g/mol. The van der Waals surface area contributed by atoms with Crippen molar-refractivity contribution in [2.75, 3.05) is 0 Å². The van der Waals surface area contributed by atoms with Crippen LogP contribution in [0.15, 0.2) is 18.2 Å². The average Bonchev–Trinajstić information content (AvgIpc) is 2.20. The lowest BCUT2D eigenvalue weighted by molar-refractivity contribution is -0.140. The summed E-state index contributed by atoms with van der Waals surface area (Å²) in [5.74, 6) is -0.844. The van der Waals surface area contributed by atoms with E-state index in [0.717, 1.165) is 5.56 Å². The van der Waals surface area contributed by atoms with E-state index in [1.807, 2.05) is 13.8 Å². The van der Waals surface area contributed by atoms with Gasteiger partial charge in [0.05, 0.1) is 0 Å². The van der Waals surface area contributed by atoms with Crippen molar-refractivity contribution in [1.82, 2.24) is 5.32 Å². The Hall–Kier alpha value is -0.770. The van der Waals surface area contributed by atoms with Gasteiger partial charge in [-0.25, -0.2) is 0 Å². The van der Waals surface area contributed by atoms with Gasteiger partial charge in [-0.2, -0.15) is 0 Å². The van der Waals surface area contributed by atoms with Crippen molar-refractivity contribution in [2.24, 2.45) is 5.92 Å². The first-order valence-electron chi connectivity index (χ1n) is 5.32. The van der Waals surface area contributed by atoms with Gasteiger partial charge in [0.1, 0.15) is 6.04 Å². The fourth-order valence-corrected chi connectivity index (χ4v) is 1.97. The molecule has 1 atom stereocenters. The molecule has 0 heterocycles. The van der Waals surface area contributed by atoms with Gasteiger partial charge >= 0.3 is 5.97 Å². The van der Waals surface area contributed by atoms with Crippen LogP contribution in [0.4, 0.5) is 0 Å². The molecule has 17 heavy (non-hydrogen) atoms. The van der Waals surface area contributed by atoms with Crippen LogP contribution in [-0.4, -0.2) is 17.1 Å². The quantitative estimate of drug-likeness (QED) is 0.868.